The SMILES string of the molecule is COCC1(CNS(=O)(=O)N2CCCCCC2)CCC1. The molecule has 0 amide bonds. The van der Waals surface area contributed by atoms with Crippen LogP contribution in [0.1, 0.15) is 44.9 Å². The van der Waals surface area contributed by atoms with Crippen molar-refractivity contribution in [2.45, 2.75) is 44.9 Å². The number of nitrogens with one attached hydrogen (secondary N) is 1. The molecule has 2 aliphatic rings. The maximum atomic E-state index is 12.3. The van der Waals surface area contributed by atoms with Gasteiger partial charge in [0.15, 0.2) is 0 Å². The number of hydrogen-bond acceptors (Lipinski definition) is 3. The molecular formula is C13H26N2O3S. The highest BCUT2D eigenvalue weighted by Crippen LogP contribution is 2.40. The van der Waals surface area contributed by atoms with Crippen molar-refractivity contribution >= 4 is 10.2 Å². The first kappa shape index (κ1) is 15.2. The van der Waals surface area contributed by atoms with E-state index in [0.717, 1.165) is 38.5 Å². The Morgan fingerprint density at radius 2 is 1.74 bits per heavy atom. The average molecular weight is 290 g/mol. The summed E-state index contributed by atoms with van der Waals surface area (Å²) in [6, 6.07) is 0. The lowest BCUT2D eigenvalue weighted by atomic mass is 9.69. The molecule has 2 fully saturated rings. The summed E-state index contributed by atoms with van der Waals surface area (Å²) in [6.45, 7) is 2.48. The number of hydrogen-bond donors (Lipinski definition) is 1. The molecule has 1 saturated carbocycles. The van der Waals surface area contributed by atoms with Crippen molar-refractivity contribution in [3.63, 3.8) is 0 Å². The summed E-state index contributed by atoms with van der Waals surface area (Å²) in [7, 11) is -1.62. The van der Waals surface area contributed by atoms with Crippen molar-refractivity contribution in [1.29, 1.82) is 0 Å². The molecule has 19 heavy (non-hydrogen) atoms. The molecule has 6 heteroatoms. The van der Waals surface area contributed by atoms with Gasteiger partial charge in [-0.25, -0.2) is 4.72 Å². The second-order valence-electron chi connectivity index (χ2n) is 5.93. The Hall–Kier alpha value is -0.170. The third kappa shape index (κ3) is 3.90. The summed E-state index contributed by atoms with van der Waals surface area (Å²) in [6.07, 6.45) is 7.52. The summed E-state index contributed by atoms with van der Waals surface area (Å²) >= 11 is 0. The van der Waals surface area contributed by atoms with Gasteiger partial charge in [0.1, 0.15) is 0 Å². The molecule has 1 heterocycles. The van der Waals surface area contributed by atoms with E-state index < -0.39 is 10.2 Å². The van der Waals surface area contributed by atoms with E-state index in [1.807, 2.05) is 0 Å². The van der Waals surface area contributed by atoms with Gasteiger partial charge >= 0.3 is 0 Å². The normalized spacial score (nSPS) is 24.7. The monoisotopic (exact) mass is 290 g/mol. The lowest BCUT2D eigenvalue weighted by molar-refractivity contribution is 0.0218. The van der Waals surface area contributed by atoms with E-state index in [-0.39, 0.29) is 5.41 Å². The van der Waals surface area contributed by atoms with Crippen LogP contribution in [0, 0.1) is 5.41 Å². The number of methoxy groups -OCH3 is 1. The lowest BCUT2D eigenvalue weighted by Crippen LogP contribution is -2.49. The largest absolute Gasteiger partial charge is 0.384 e. The first-order valence-corrected chi connectivity index (χ1v) is 8.76. The van der Waals surface area contributed by atoms with Crippen LogP contribution in [-0.2, 0) is 14.9 Å². The molecule has 2 rings (SSSR count). The van der Waals surface area contributed by atoms with Gasteiger partial charge < -0.3 is 4.74 Å². The van der Waals surface area contributed by atoms with Crippen molar-refractivity contribution in [3.8, 4) is 0 Å². The van der Waals surface area contributed by atoms with Crippen molar-refractivity contribution < 1.29 is 13.2 Å². The van der Waals surface area contributed by atoms with Gasteiger partial charge in [0.25, 0.3) is 10.2 Å². The molecule has 5 nitrogen and oxygen atoms in total. The molecule has 0 radical (unpaired) electrons. The zero-order valence-electron chi connectivity index (χ0n) is 11.9. The highest BCUT2D eigenvalue weighted by Gasteiger charge is 2.38. The second kappa shape index (κ2) is 6.52. The first-order valence-electron chi connectivity index (χ1n) is 7.32. The summed E-state index contributed by atoms with van der Waals surface area (Å²) in [5.74, 6) is 0. The van der Waals surface area contributed by atoms with E-state index in [2.05, 4.69) is 4.72 Å². The van der Waals surface area contributed by atoms with Crippen molar-refractivity contribution in [1.82, 2.24) is 9.03 Å². The molecule has 0 spiro atoms. The number of nitrogens with zero attached hydrogens (tertiary/aromatic N) is 1. The Morgan fingerprint density at radius 1 is 1.11 bits per heavy atom. The lowest BCUT2D eigenvalue weighted by Gasteiger charge is -2.41. The smallest absolute Gasteiger partial charge is 0.279 e. The minimum atomic E-state index is -3.31. The third-order valence-corrected chi connectivity index (χ3v) is 5.95. The Kier molecular flexibility index (Phi) is 5.22. The van der Waals surface area contributed by atoms with Crippen molar-refractivity contribution in [3.05, 3.63) is 0 Å². The van der Waals surface area contributed by atoms with Gasteiger partial charge in [-0.1, -0.05) is 19.3 Å². The molecule has 1 saturated heterocycles. The fraction of sp³-hybridized carbons (Fsp3) is 1.00. The molecule has 1 aliphatic heterocycles. The molecule has 1 aliphatic carbocycles. The van der Waals surface area contributed by atoms with Crippen molar-refractivity contribution in [2.75, 3.05) is 33.4 Å². The number of ether oxygens (including phenoxy) is 1. The Labute approximate surface area is 116 Å². The van der Waals surface area contributed by atoms with E-state index in [9.17, 15) is 8.42 Å². The van der Waals surface area contributed by atoms with Gasteiger partial charge in [-0.2, -0.15) is 12.7 Å². The van der Waals surface area contributed by atoms with Crippen LogP contribution in [-0.4, -0.2) is 46.1 Å². The highest BCUT2D eigenvalue weighted by molar-refractivity contribution is 7.87. The zero-order valence-corrected chi connectivity index (χ0v) is 12.7. The Morgan fingerprint density at radius 3 is 2.21 bits per heavy atom. The Balaban J connectivity index is 1.89. The molecule has 0 bridgehead atoms. The van der Waals surface area contributed by atoms with Crippen LogP contribution in [0.5, 0.6) is 0 Å². The fourth-order valence-electron chi connectivity index (χ4n) is 2.97. The maximum absolute atomic E-state index is 12.3. The molecule has 0 atom stereocenters. The van der Waals surface area contributed by atoms with Gasteiger partial charge in [-0.3, -0.25) is 0 Å². The van der Waals surface area contributed by atoms with Crippen LogP contribution < -0.4 is 4.72 Å². The molecule has 1 N–H and O–H groups in total. The van der Waals surface area contributed by atoms with E-state index in [1.54, 1.807) is 11.4 Å². The predicted molar refractivity (Wildman–Crippen MR) is 75.1 cm³/mol. The van der Waals surface area contributed by atoms with Gasteiger partial charge in [0, 0.05) is 32.2 Å². The molecule has 0 aromatic rings. The van der Waals surface area contributed by atoms with Crippen LogP contribution in [0.2, 0.25) is 0 Å². The van der Waals surface area contributed by atoms with Crippen LogP contribution in [0.4, 0.5) is 0 Å². The van der Waals surface area contributed by atoms with E-state index in [1.165, 1.54) is 6.42 Å². The maximum Gasteiger partial charge on any atom is 0.279 e. The van der Waals surface area contributed by atoms with E-state index in [4.69, 9.17) is 4.74 Å². The summed E-state index contributed by atoms with van der Waals surface area (Å²) in [4.78, 5) is 0. The minimum absolute atomic E-state index is 0.0354. The molecule has 112 valence electrons. The van der Waals surface area contributed by atoms with Crippen LogP contribution in [0.3, 0.4) is 0 Å². The van der Waals surface area contributed by atoms with Gasteiger partial charge in [0.05, 0.1) is 6.61 Å². The zero-order chi connectivity index (χ0) is 13.8. The Bertz CT molecular complexity index is 371. The summed E-state index contributed by atoms with van der Waals surface area (Å²) in [5.41, 5.74) is 0.0354. The second-order valence-corrected chi connectivity index (χ2v) is 7.68. The fourth-order valence-corrected chi connectivity index (χ4v) is 4.38. The topological polar surface area (TPSA) is 58.6 Å². The first-order chi connectivity index (χ1) is 9.08. The van der Waals surface area contributed by atoms with Gasteiger partial charge in [0.2, 0.25) is 0 Å². The summed E-state index contributed by atoms with van der Waals surface area (Å²) < 4.78 is 34.3. The number of rotatable bonds is 6. The summed E-state index contributed by atoms with van der Waals surface area (Å²) in [5, 5.41) is 0. The molecule has 0 aromatic carbocycles. The predicted octanol–water partition coefficient (Wildman–Crippen LogP) is 1.51. The molecule has 0 unspecified atom stereocenters. The minimum Gasteiger partial charge on any atom is -0.384 e. The van der Waals surface area contributed by atoms with Gasteiger partial charge in [-0.15, -0.1) is 0 Å². The van der Waals surface area contributed by atoms with Crippen LogP contribution >= 0.6 is 0 Å². The third-order valence-electron chi connectivity index (χ3n) is 4.40. The van der Waals surface area contributed by atoms with E-state index >= 15 is 0 Å². The average Bonchev–Trinajstić information content (AvgIpc) is 2.61. The van der Waals surface area contributed by atoms with Crippen LogP contribution in [0.15, 0.2) is 0 Å². The van der Waals surface area contributed by atoms with Crippen LogP contribution in [0.25, 0.3) is 0 Å². The highest BCUT2D eigenvalue weighted by atomic mass is 32.2. The molecule has 0 aromatic heterocycles. The van der Waals surface area contributed by atoms with E-state index in [0.29, 0.717) is 26.2 Å². The standard InChI is InChI=1S/C13H26N2O3S/c1-18-12-13(7-6-8-13)11-14-19(16,17)15-9-4-2-3-5-10-15/h14H,2-12H2,1H3. The quantitative estimate of drug-likeness (QED) is 0.807. The van der Waals surface area contributed by atoms with Crippen molar-refractivity contribution in [2.24, 2.45) is 5.41 Å². The molecular weight excluding hydrogens is 264 g/mol. The van der Waals surface area contributed by atoms with Gasteiger partial charge in [-0.05, 0) is 25.7 Å².